The summed E-state index contributed by atoms with van der Waals surface area (Å²) in [5, 5.41) is 7.49. The summed E-state index contributed by atoms with van der Waals surface area (Å²) in [4.78, 5) is 8.60. The van der Waals surface area contributed by atoms with Gasteiger partial charge in [0, 0.05) is 29.9 Å². The van der Waals surface area contributed by atoms with Crippen LogP contribution in [0.5, 0.6) is 5.75 Å². The number of hydrogen-bond acceptors (Lipinski definition) is 6. The van der Waals surface area contributed by atoms with Gasteiger partial charge in [-0.05, 0) is 62.2 Å². The van der Waals surface area contributed by atoms with Gasteiger partial charge in [-0.3, -0.25) is 4.98 Å². The third kappa shape index (κ3) is 5.28. The quantitative estimate of drug-likeness (QED) is 0.667. The molecule has 0 amide bonds. The van der Waals surface area contributed by atoms with Gasteiger partial charge in [-0.1, -0.05) is 11.2 Å². The van der Waals surface area contributed by atoms with Crippen LogP contribution in [0.1, 0.15) is 24.3 Å². The minimum Gasteiger partial charge on any atom is -0.489 e. The number of aromatic nitrogens is 3. The Morgan fingerprint density at radius 1 is 1.19 bits per heavy atom. The maximum atomic E-state index is 5.77. The monoisotopic (exact) mass is 386 g/mol. The van der Waals surface area contributed by atoms with Crippen molar-refractivity contribution in [2.45, 2.75) is 25.9 Å². The van der Waals surface area contributed by atoms with Gasteiger partial charge in [0.2, 0.25) is 11.7 Å². The maximum Gasteiger partial charge on any atom is 0.226 e. The van der Waals surface area contributed by atoms with Crippen LogP contribution in [0.25, 0.3) is 11.4 Å². The van der Waals surface area contributed by atoms with Crippen molar-refractivity contribution in [3.63, 3.8) is 0 Å². The van der Waals surface area contributed by atoms with Gasteiger partial charge in [-0.15, -0.1) is 12.4 Å². The van der Waals surface area contributed by atoms with Gasteiger partial charge >= 0.3 is 0 Å². The Morgan fingerprint density at radius 3 is 2.81 bits per heavy atom. The Morgan fingerprint density at radius 2 is 2.07 bits per heavy atom. The highest BCUT2D eigenvalue weighted by atomic mass is 35.5. The van der Waals surface area contributed by atoms with Gasteiger partial charge < -0.3 is 14.6 Å². The maximum absolute atomic E-state index is 5.77. The molecule has 0 spiro atoms. The predicted molar refractivity (Wildman–Crippen MR) is 105 cm³/mol. The van der Waals surface area contributed by atoms with Crippen molar-refractivity contribution in [3.05, 3.63) is 60.2 Å². The highest BCUT2D eigenvalue weighted by Gasteiger charge is 2.16. The molecule has 27 heavy (non-hydrogen) atoms. The molecule has 0 saturated carbocycles. The molecule has 0 aliphatic carbocycles. The zero-order valence-corrected chi connectivity index (χ0v) is 15.8. The van der Waals surface area contributed by atoms with Gasteiger partial charge in [0.15, 0.2) is 0 Å². The second-order valence-electron chi connectivity index (χ2n) is 6.58. The smallest absolute Gasteiger partial charge is 0.226 e. The van der Waals surface area contributed by atoms with Crippen molar-refractivity contribution < 1.29 is 9.26 Å². The van der Waals surface area contributed by atoms with Gasteiger partial charge in [0.05, 0.1) is 0 Å². The number of nitrogens with one attached hydrogen (secondary N) is 1. The van der Waals surface area contributed by atoms with Crippen LogP contribution in [0.15, 0.2) is 53.3 Å². The summed E-state index contributed by atoms with van der Waals surface area (Å²) >= 11 is 0. The number of pyridine rings is 1. The van der Waals surface area contributed by atoms with Gasteiger partial charge in [0.1, 0.15) is 12.4 Å². The van der Waals surface area contributed by atoms with Gasteiger partial charge in [0.25, 0.3) is 0 Å². The Kier molecular flexibility index (Phi) is 6.79. The van der Waals surface area contributed by atoms with E-state index in [9.17, 15) is 0 Å². The molecule has 1 atom stereocenters. The van der Waals surface area contributed by atoms with Crippen LogP contribution in [-0.4, -0.2) is 28.2 Å². The summed E-state index contributed by atoms with van der Waals surface area (Å²) < 4.78 is 11.2. The van der Waals surface area contributed by atoms with Crippen LogP contribution in [0.4, 0.5) is 0 Å². The summed E-state index contributed by atoms with van der Waals surface area (Å²) in [5.41, 5.74) is 1.97. The van der Waals surface area contributed by atoms with Crippen molar-refractivity contribution >= 4 is 12.4 Å². The standard InChI is InChI=1S/C20H22N4O2.ClH/c1-2-16(13-21-10-1)14-25-18-6-4-17(5-7-18)20-23-19(26-24-20)8-3-15-9-11-22-12-15;/h1-2,4-7,10,13,15,22H,3,8-9,11-12,14H2;1H. The Labute approximate surface area is 164 Å². The van der Waals surface area contributed by atoms with Crippen LogP contribution in [0, 0.1) is 5.92 Å². The molecule has 3 aromatic rings. The first kappa shape index (κ1) is 19.3. The molecule has 142 valence electrons. The van der Waals surface area contributed by atoms with Crippen LogP contribution in [-0.2, 0) is 13.0 Å². The van der Waals surface area contributed by atoms with Crippen LogP contribution >= 0.6 is 12.4 Å². The van der Waals surface area contributed by atoms with E-state index < -0.39 is 0 Å². The van der Waals surface area contributed by atoms with Crippen molar-refractivity contribution in [1.29, 1.82) is 0 Å². The average Bonchev–Trinajstić information content (AvgIpc) is 3.38. The molecule has 2 aromatic heterocycles. The fourth-order valence-corrected chi connectivity index (χ4v) is 3.11. The molecule has 7 heteroatoms. The summed E-state index contributed by atoms with van der Waals surface area (Å²) in [5.74, 6) is 2.86. The number of nitrogens with zero attached hydrogens (tertiary/aromatic N) is 3. The molecule has 6 nitrogen and oxygen atoms in total. The lowest BCUT2D eigenvalue weighted by molar-refractivity contribution is 0.306. The Bertz CT molecular complexity index is 818. The molecule has 1 fully saturated rings. The van der Waals surface area contributed by atoms with E-state index in [0.29, 0.717) is 18.3 Å². The Balaban J connectivity index is 0.00000210. The summed E-state index contributed by atoms with van der Waals surface area (Å²) in [6.07, 6.45) is 6.72. The molecule has 0 bridgehead atoms. The molecule has 1 aromatic carbocycles. The molecule has 4 rings (SSSR count). The molecule has 1 unspecified atom stereocenters. The average molecular weight is 387 g/mol. The van der Waals surface area contributed by atoms with Crippen LogP contribution in [0.2, 0.25) is 0 Å². The zero-order chi connectivity index (χ0) is 17.6. The zero-order valence-electron chi connectivity index (χ0n) is 15.0. The SMILES string of the molecule is Cl.c1cncc(COc2ccc(-c3noc(CCC4CCNC4)n3)cc2)c1. The number of rotatable bonds is 7. The lowest BCUT2D eigenvalue weighted by Crippen LogP contribution is -2.09. The normalized spacial score (nSPS) is 16.1. The summed E-state index contributed by atoms with van der Waals surface area (Å²) in [6.45, 7) is 2.71. The first-order valence-electron chi connectivity index (χ1n) is 9.02. The fraction of sp³-hybridized carbons (Fsp3) is 0.350. The highest BCUT2D eigenvalue weighted by molar-refractivity contribution is 5.85. The van der Waals surface area contributed by atoms with Crippen molar-refractivity contribution in [3.8, 4) is 17.1 Å². The van der Waals surface area contributed by atoms with E-state index in [0.717, 1.165) is 48.7 Å². The van der Waals surface area contributed by atoms with E-state index in [1.54, 1.807) is 12.4 Å². The lowest BCUT2D eigenvalue weighted by atomic mass is 10.0. The van der Waals surface area contributed by atoms with E-state index in [1.165, 1.54) is 6.42 Å². The first-order chi connectivity index (χ1) is 12.9. The highest BCUT2D eigenvalue weighted by Crippen LogP contribution is 2.22. The van der Waals surface area contributed by atoms with Crippen molar-refractivity contribution in [2.75, 3.05) is 13.1 Å². The molecule has 3 heterocycles. The van der Waals surface area contributed by atoms with E-state index in [2.05, 4.69) is 20.4 Å². The van der Waals surface area contributed by atoms with E-state index in [4.69, 9.17) is 9.26 Å². The molecular weight excluding hydrogens is 364 g/mol. The number of ether oxygens (including phenoxy) is 1. The molecule has 1 N–H and O–H groups in total. The molecule has 1 aliphatic heterocycles. The summed E-state index contributed by atoms with van der Waals surface area (Å²) in [7, 11) is 0. The molecular formula is C20H23ClN4O2. The molecule has 0 radical (unpaired) electrons. The topological polar surface area (TPSA) is 73.1 Å². The van der Waals surface area contributed by atoms with Gasteiger partial charge in [-0.2, -0.15) is 4.98 Å². The minimum atomic E-state index is 0. The largest absolute Gasteiger partial charge is 0.489 e. The second-order valence-corrected chi connectivity index (χ2v) is 6.58. The van der Waals surface area contributed by atoms with Crippen molar-refractivity contribution in [1.82, 2.24) is 20.4 Å². The number of halogens is 1. The number of benzene rings is 1. The minimum absolute atomic E-state index is 0. The second kappa shape index (κ2) is 9.48. The third-order valence-electron chi connectivity index (χ3n) is 4.64. The molecule has 1 saturated heterocycles. The third-order valence-corrected chi connectivity index (χ3v) is 4.64. The van der Waals surface area contributed by atoms with Crippen molar-refractivity contribution in [2.24, 2.45) is 5.92 Å². The van der Waals surface area contributed by atoms with Crippen LogP contribution in [0.3, 0.4) is 0 Å². The lowest BCUT2D eigenvalue weighted by Gasteiger charge is -2.06. The van der Waals surface area contributed by atoms with E-state index >= 15 is 0 Å². The van der Waals surface area contributed by atoms with E-state index in [1.807, 2.05) is 36.4 Å². The van der Waals surface area contributed by atoms with Crippen LogP contribution < -0.4 is 10.1 Å². The van der Waals surface area contributed by atoms with E-state index in [-0.39, 0.29) is 12.4 Å². The number of aryl methyl sites for hydroxylation is 1. The van der Waals surface area contributed by atoms with Gasteiger partial charge in [-0.25, -0.2) is 0 Å². The first-order valence-corrected chi connectivity index (χ1v) is 9.02. The fourth-order valence-electron chi connectivity index (χ4n) is 3.11. The molecule has 1 aliphatic rings. The Hall–Kier alpha value is -2.44. The summed E-state index contributed by atoms with van der Waals surface area (Å²) in [6, 6.07) is 11.6. The number of hydrogen-bond donors (Lipinski definition) is 1. The predicted octanol–water partition coefficient (Wildman–Crippen LogP) is 3.67.